The Morgan fingerprint density at radius 1 is 0.636 bits per heavy atom. The van der Waals surface area contributed by atoms with Crippen molar-refractivity contribution in [2.45, 2.75) is 32.1 Å². The molecular weight excluding hydrogens is 132 g/mol. The molecule has 0 fully saturated rings. The molecule has 0 atom stereocenters. The SMILES string of the molecule is C1=C\C/C=C/CCCC\C=C/1. The van der Waals surface area contributed by atoms with Gasteiger partial charge in [0.05, 0.1) is 0 Å². The summed E-state index contributed by atoms with van der Waals surface area (Å²) in [4.78, 5) is 0. The van der Waals surface area contributed by atoms with Crippen molar-refractivity contribution >= 4 is 0 Å². The summed E-state index contributed by atoms with van der Waals surface area (Å²) < 4.78 is 0. The summed E-state index contributed by atoms with van der Waals surface area (Å²) in [6.45, 7) is 0. The molecule has 0 spiro atoms. The third-order valence-corrected chi connectivity index (χ3v) is 1.81. The molecule has 0 radical (unpaired) electrons. The van der Waals surface area contributed by atoms with Gasteiger partial charge in [-0.25, -0.2) is 0 Å². The van der Waals surface area contributed by atoms with Gasteiger partial charge in [-0.05, 0) is 32.1 Å². The van der Waals surface area contributed by atoms with Crippen LogP contribution in [0.5, 0.6) is 0 Å². The molecule has 0 nitrogen and oxygen atoms in total. The van der Waals surface area contributed by atoms with E-state index in [1.54, 1.807) is 0 Å². The number of hydrogen-bond donors (Lipinski definition) is 0. The van der Waals surface area contributed by atoms with Crippen molar-refractivity contribution in [1.82, 2.24) is 0 Å². The zero-order valence-electron chi connectivity index (χ0n) is 7.00. The number of rotatable bonds is 0. The van der Waals surface area contributed by atoms with Crippen LogP contribution in [-0.2, 0) is 0 Å². The van der Waals surface area contributed by atoms with Gasteiger partial charge in [-0.3, -0.25) is 0 Å². The van der Waals surface area contributed by atoms with E-state index in [2.05, 4.69) is 36.5 Å². The van der Waals surface area contributed by atoms with Crippen LogP contribution in [0.1, 0.15) is 32.1 Å². The Balaban J connectivity index is 2.35. The Morgan fingerprint density at radius 3 is 2.27 bits per heavy atom. The Kier molecular flexibility index (Phi) is 4.51. The quantitative estimate of drug-likeness (QED) is 0.460. The third-order valence-electron chi connectivity index (χ3n) is 1.81. The molecule has 0 amide bonds. The second-order valence-electron chi connectivity index (χ2n) is 2.85. The molecular formula is C11H16. The van der Waals surface area contributed by atoms with Crippen LogP contribution in [0.15, 0.2) is 36.5 Å². The van der Waals surface area contributed by atoms with Crippen molar-refractivity contribution in [1.29, 1.82) is 0 Å². The Hall–Kier alpha value is -0.780. The topological polar surface area (TPSA) is 0 Å². The minimum Gasteiger partial charge on any atom is -0.0882 e. The lowest BCUT2D eigenvalue weighted by Gasteiger charge is -1.90. The van der Waals surface area contributed by atoms with E-state index in [9.17, 15) is 0 Å². The summed E-state index contributed by atoms with van der Waals surface area (Å²) in [7, 11) is 0. The first-order chi connectivity index (χ1) is 5.50. The van der Waals surface area contributed by atoms with Crippen LogP contribution < -0.4 is 0 Å². The Bertz CT molecular complexity index is 161. The van der Waals surface area contributed by atoms with Gasteiger partial charge in [0.15, 0.2) is 0 Å². The maximum Gasteiger partial charge on any atom is -0.0166 e. The molecule has 0 unspecified atom stereocenters. The van der Waals surface area contributed by atoms with Gasteiger partial charge in [0, 0.05) is 0 Å². The number of allylic oxidation sites excluding steroid dienone is 6. The van der Waals surface area contributed by atoms with Crippen molar-refractivity contribution in [3.05, 3.63) is 36.5 Å². The van der Waals surface area contributed by atoms with Crippen molar-refractivity contribution in [3.8, 4) is 0 Å². The van der Waals surface area contributed by atoms with E-state index in [-0.39, 0.29) is 0 Å². The zero-order valence-corrected chi connectivity index (χ0v) is 7.00. The fourth-order valence-electron chi connectivity index (χ4n) is 1.15. The normalized spacial score (nSPS) is 28.4. The highest BCUT2D eigenvalue weighted by atomic mass is 13.9. The summed E-state index contributed by atoms with van der Waals surface area (Å²) in [5, 5.41) is 0. The van der Waals surface area contributed by atoms with Gasteiger partial charge in [0.1, 0.15) is 0 Å². The van der Waals surface area contributed by atoms with Crippen LogP contribution in [0.4, 0.5) is 0 Å². The second-order valence-corrected chi connectivity index (χ2v) is 2.85. The predicted octanol–water partition coefficient (Wildman–Crippen LogP) is 3.62. The van der Waals surface area contributed by atoms with Crippen molar-refractivity contribution < 1.29 is 0 Å². The highest BCUT2D eigenvalue weighted by Crippen LogP contribution is 2.03. The molecule has 0 heteroatoms. The van der Waals surface area contributed by atoms with Gasteiger partial charge >= 0.3 is 0 Å². The van der Waals surface area contributed by atoms with E-state index in [1.165, 1.54) is 25.7 Å². The van der Waals surface area contributed by atoms with E-state index >= 15 is 0 Å². The van der Waals surface area contributed by atoms with Gasteiger partial charge in [-0.1, -0.05) is 36.5 Å². The van der Waals surface area contributed by atoms with Crippen LogP contribution >= 0.6 is 0 Å². The van der Waals surface area contributed by atoms with Crippen LogP contribution in [0.2, 0.25) is 0 Å². The van der Waals surface area contributed by atoms with Crippen LogP contribution in [0, 0.1) is 0 Å². The summed E-state index contributed by atoms with van der Waals surface area (Å²) >= 11 is 0. The monoisotopic (exact) mass is 148 g/mol. The maximum atomic E-state index is 2.29. The standard InChI is InChI=1S/C11H16/c1-2-4-6-8-10-11-9-7-5-3-1/h1-4,7,9H,5-6,8,10-11H2/b3-1-,4-2-,9-7+. The van der Waals surface area contributed by atoms with Gasteiger partial charge < -0.3 is 0 Å². The van der Waals surface area contributed by atoms with Gasteiger partial charge in [0.2, 0.25) is 0 Å². The molecule has 0 aromatic heterocycles. The lowest BCUT2D eigenvalue weighted by molar-refractivity contribution is 0.761. The fourth-order valence-corrected chi connectivity index (χ4v) is 1.15. The lowest BCUT2D eigenvalue weighted by Crippen LogP contribution is -1.71. The van der Waals surface area contributed by atoms with Crippen molar-refractivity contribution in [3.63, 3.8) is 0 Å². The molecule has 0 aliphatic heterocycles. The minimum atomic E-state index is 1.09. The molecule has 60 valence electrons. The summed E-state index contributed by atoms with van der Waals surface area (Å²) in [6.07, 6.45) is 19.5. The molecule has 0 saturated heterocycles. The van der Waals surface area contributed by atoms with E-state index < -0.39 is 0 Å². The maximum absolute atomic E-state index is 2.29. The molecule has 0 aromatic carbocycles. The molecule has 0 aromatic rings. The molecule has 11 heavy (non-hydrogen) atoms. The van der Waals surface area contributed by atoms with E-state index in [1.807, 2.05) is 0 Å². The van der Waals surface area contributed by atoms with Gasteiger partial charge in [-0.15, -0.1) is 0 Å². The largest absolute Gasteiger partial charge is 0.0882 e. The first-order valence-electron chi connectivity index (χ1n) is 4.47. The smallest absolute Gasteiger partial charge is 0.0166 e. The summed E-state index contributed by atoms with van der Waals surface area (Å²) in [5.74, 6) is 0. The first kappa shape index (κ1) is 8.32. The highest BCUT2D eigenvalue weighted by molar-refractivity contribution is 5.05. The van der Waals surface area contributed by atoms with E-state index in [4.69, 9.17) is 0 Å². The molecule has 0 bridgehead atoms. The van der Waals surface area contributed by atoms with Crippen LogP contribution in [0.25, 0.3) is 0 Å². The van der Waals surface area contributed by atoms with Crippen molar-refractivity contribution in [2.75, 3.05) is 0 Å². The Morgan fingerprint density at radius 2 is 1.36 bits per heavy atom. The number of hydrogen-bond acceptors (Lipinski definition) is 0. The average molecular weight is 148 g/mol. The van der Waals surface area contributed by atoms with Gasteiger partial charge in [-0.2, -0.15) is 0 Å². The minimum absolute atomic E-state index is 1.09. The third kappa shape index (κ3) is 4.60. The van der Waals surface area contributed by atoms with Gasteiger partial charge in [0.25, 0.3) is 0 Å². The molecule has 1 aliphatic carbocycles. The van der Waals surface area contributed by atoms with Crippen LogP contribution in [0.3, 0.4) is 0 Å². The van der Waals surface area contributed by atoms with E-state index in [0.717, 1.165) is 6.42 Å². The average Bonchev–Trinajstić information content (AvgIpc) is 2.08. The molecule has 0 N–H and O–H groups in total. The molecule has 0 saturated carbocycles. The lowest BCUT2D eigenvalue weighted by atomic mass is 10.2. The van der Waals surface area contributed by atoms with E-state index in [0.29, 0.717) is 0 Å². The first-order valence-corrected chi connectivity index (χ1v) is 4.47. The predicted molar refractivity (Wildman–Crippen MR) is 50.5 cm³/mol. The Labute approximate surface area is 69.3 Å². The molecule has 1 aliphatic rings. The summed E-state index contributed by atoms with van der Waals surface area (Å²) in [6, 6.07) is 0. The highest BCUT2D eigenvalue weighted by Gasteiger charge is 1.83. The zero-order chi connectivity index (χ0) is 7.78. The fraction of sp³-hybridized carbons (Fsp3) is 0.455. The summed E-state index contributed by atoms with van der Waals surface area (Å²) in [5.41, 5.74) is 0. The molecule has 1 rings (SSSR count). The van der Waals surface area contributed by atoms with Crippen molar-refractivity contribution in [2.24, 2.45) is 0 Å². The molecule has 0 heterocycles. The second kappa shape index (κ2) is 5.96. The van der Waals surface area contributed by atoms with Crippen LogP contribution in [-0.4, -0.2) is 0 Å².